The molecule has 4 rings (SSSR count). The molecule has 1 unspecified atom stereocenters. The van der Waals surface area contributed by atoms with Gasteiger partial charge in [0.15, 0.2) is 5.82 Å². The first-order valence-electron chi connectivity index (χ1n) is 7.72. The predicted octanol–water partition coefficient (Wildman–Crippen LogP) is 3.14. The summed E-state index contributed by atoms with van der Waals surface area (Å²) in [4.78, 5) is 11.0. The topological polar surface area (TPSA) is 34.0 Å². The van der Waals surface area contributed by atoms with E-state index in [4.69, 9.17) is 0 Å². The molecule has 0 N–H and O–H groups in total. The molecule has 2 fully saturated rings. The molecule has 1 atom stereocenters. The summed E-state index contributed by atoms with van der Waals surface area (Å²) < 4.78 is 28.2. The first-order chi connectivity index (χ1) is 10.6. The van der Waals surface area contributed by atoms with E-state index in [1.54, 1.807) is 12.4 Å². The number of anilines is 1. The minimum atomic E-state index is -2.40. The number of hydrogen-bond acceptors (Lipinski definition) is 3. The molecule has 0 amide bonds. The number of alkyl halides is 2. The van der Waals surface area contributed by atoms with E-state index in [1.807, 2.05) is 29.1 Å². The highest BCUT2D eigenvalue weighted by Crippen LogP contribution is 2.55. The van der Waals surface area contributed by atoms with E-state index in [2.05, 4.69) is 14.9 Å². The van der Waals surface area contributed by atoms with Crippen LogP contribution in [0.1, 0.15) is 19.3 Å². The lowest BCUT2D eigenvalue weighted by molar-refractivity contribution is 0.0805. The van der Waals surface area contributed by atoms with Gasteiger partial charge in [-0.25, -0.2) is 18.7 Å². The van der Waals surface area contributed by atoms with Crippen molar-refractivity contribution in [1.29, 1.82) is 0 Å². The van der Waals surface area contributed by atoms with E-state index in [1.165, 1.54) is 0 Å². The Labute approximate surface area is 127 Å². The molecule has 3 heterocycles. The number of halogens is 2. The Kier molecular flexibility index (Phi) is 3.13. The zero-order valence-corrected chi connectivity index (χ0v) is 12.2. The van der Waals surface area contributed by atoms with Crippen LogP contribution in [0.2, 0.25) is 0 Å². The van der Waals surface area contributed by atoms with Crippen LogP contribution in [-0.2, 0) is 0 Å². The third-order valence-electron chi connectivity index (χ3n) is 4.80. The second-order valence-corrected chi connectivity index (χ2v) is 6.22. The van der Waals surface area contributed by atoms with Crippen LogP contribution < -0.4 is 4.90 Å². The molecule has 1 aliphatic carbocycles. The van der Waals surface area contributed by atoms with Crippen molar-refractivity contribution in [3.05, 3.63) is 36.9 Å². The lowest BCUT2D eigenvalue weighted by atomic mass is 9.92. The monoisotopic (exact) mass is 304 g/mol. The number of aromatic nitrogens is 3. The second kappa shape index (κ2) is 5.04. The molecule has 22 heavy (non-hydrogen) atoms. The molecule has 0 bridgehead atoms. The van der Waals surface area contributed by atoms with E-state index >= 15 is 0 Å². The van der Waals surface area contributed by atoms with E-state index < -0.39 is 5.92 Å². The van der Waals surface area contributed by atoms with Gasteiger partial charge in [0, 0.05) is 37.8 Å². The van der Waals surface area contributed by atoms with Gasteiger partial charge in [0.05, 0.1) is 12.4 Å². The number of piperidine rings is 1. The van der Waals surface area contributed by atoms with Crippen LogP contribution in [-0.4, -0.2) is 33.5 Å². The first-order valence-corrected chi connectivity index (χ1v) is 7.72. The summed E-state index contributed by atoms with van der Waals surface area (Å²) >= 11 is 0. The third kappa shape index (κ3) is 2.46. The van der Waals surface area contributed by atoms with Gasteiger partial charge in [0.2, 0.25) is 0 Å². The summed E-state index contributed by atoms with van der Waals surface area (Å²) in [5.41, 5.74) is 0. The Bertz CT molecular complexity index is 631. The Morgan fingerprint density at radius 2 is 1.59 bits per heavy atom. The zero-order valence-electron chi connectivity index (χ0n) is 12.2. The van der Waals surface area contributed by atoms with Crippen LogP contribution in [0.5, 0.6) is 0 Å². The maximum absolute atomic E-state index is 13.1. The van der Waals surface area contributed by atoms with Crippen molar-refractivity contribution in [3.63, 3.8) is 0 Å². The number of nitrogens with zero attached hydrogens (tertiary/aromatic N) is 4. The van der Waals surface area contributed by atoms with Gasteiger partial charge in [-0.1, -0.05) is 0 Å². The second-order valence-electron chi connectivity index (χ2n) is 6.22. The standard InChI is InChI=1S/C16H18F2N4/c17-16(18)9-13(16)12-3-7-22(8-4-12)15-11-19-14(10-20-15)21-5-1-2-6-21/h1-2,5-6,10-13H,3-4,7-9H2. The lowest BCUT2D eigenvalue weighted by Gasteiger charge is -2.32. The van der Waals surface area contributed by atoms with Gasteiger partial charge in [-0.05, 0) is 30.9 Å². The molecule has 0 aromatic carbocycles. The Morgan fingerprint density at radius 3 is 2.14 bits per heavy atom. The minimum Gasteiger partial charge on any atom is -0.355 e. The van der Waals surface area contributed by atoms with Gasteiger partial charge in [-0.2, -0.15) is 0 Å². The highest BCUT2D eigenvalue weighted by Gasteiger charge is 2.60. The molecule has 2 aliphatic rings. The molecule has 4 nitrogen and oxygen atoms in total. The van der Waals surface area contributed by atoms with Crippen molar-refractivity contribution in [3.8, 4) is 5.82 Å². The van der Waals surface area contributed by atoms with E-state index in [-0.39, 0.29) is 18.3 Å². The Hall–Kier alpha value is -1.98. The highest BCUT2D eigenvalue weighted by molar-refractivity contribution is 5.38. The van der Waals surface area contributed by atoms with Crippen molar-refractivity contribution >= 4 is 5.82 Å². The Balaban J connectivity index is 1.39. The highest BCUT2D eigenvalue weighted by atomic mass is 19.3. The average Bonchev–Trinajstić information content (AvgIpc) is 2.95. The summed E-state index contributed by atoms with van der Waals surface area (Å²) in [6, 6.07) is 3.88. The van der Waals surface area contributed by atoms with Crippen LogP contribution in [0.15, 0.2) is 36.9 Å². The summed E-state index contributed by atoms with van der Waals surface area (Å²) in [5.74, 6) is -1.00. The quantitative estimate of drug-likeness (QED) is 0.873. The van der Waals surface area contributed by atoms with Crippen molar-refractivity contribution in [2.45, 2.75) is 25.2 Å². The largest absolute Gasteiger partial charge is 0.355 e. The smallest absolute Gasteiger partial charge is 0.251 e. The van der Waals surface area contributed by atoms with Crippen molar-refractivity contribution in [2.75, 3.05) is 18.0 Å². The molecule has 1 saturated carbocycles. The van der Waals surface area contributed by atoms with Gasteiger partial charge < -0.3 is 9.47 Å². The minimum absolute atomic E-state index is 0.0863. The Morgan fingerprint density at radius 1 is 1.00 bits per heavy atom. The predicted molar refractivity (Wildman–Crippen MR) is 79.4 cm³/mol. The summed E-state index contributed by atoms with van der Waals surface area (Å²) in [6.45, 7) is 1.57. The van der Waals surface area contributed by atoms with Gasteiger partial charge >= 0.3 is 0 Å². The molecular weight excluding hydrogens is 286 g/mol. The normalized spacial score (nSPS) is 24.5. The van der Waals surface area contributed by atoms with Gasteiger partial charge in [0.1, 0.15) is 5.82 Å². The molecule has 2 aromatic heterocycles. The molecule has 1 aliphatic heterocycles. The molecular formula is C16H18F2N4. The zero-order chi connectivity index (χ0) is 15.2. The van der Waals surface area contributed by atoms with E-state index in [0.29, 0.717) is 0 Å². The van der Waals surface area contributed by atoms with Gasteiger partial charge in [-0.3, -0.25) is 0 Å². The molecule has 116 valence electrons. The molecule has 6 heteroatoms. The fourth-order valence-electron chi connectivity index (χ4n) is 3.38. The lowest BCUT2D eigenvalue weighted by Crippen LogP contribution is -2.35. The first kappa shape index (κ1) is 13.7. The maximum atomic E-state index is 13.1. The van der Waals surface area contributed by atoms with Crippen molar-refractivity contribution < 1.29 is 8.78 Å². The van der Waals surface area contributed by atoms with Gasteiger partial charge in [-0.15, -0.1) is 0 Å². The molecule has 0 spiro atoms. The van der Waals surface area contributed by atoms with Crippen LogP contribution in [0.25, 0.3) is 5.82 Å². The van der Waals surface area contributed by atoms with Crippen molar-refractivity contribution in [1.82, 2.24) is 14.5 Å². The summed E-state index contributed by atoms with van der Waals surface area (Å²) in [5, 5.41) is 0. The van der Waals surface area contributed by atoms with Crippen LogP contribution in [0.3, 0.4) is 0 Å². The van der Waals surface area contributed by atoms with E-state index in [0.717, 1.165) is 37.6 Å². The number of hydrogen-bond donors (Lipinski definition) is 0. The van der Waals surface area contributed by atoms with Crippen molar-refractivity contribution in [2.24, 2.45) is 11.8 Å². The maximum Gasteiger partial charge on any atom is 0.251 e. The van der Waals surface area contributed by atoms with Crippen LogP contribution in [0.4, 0.5) is 14.6 Å². The van der Waals surface area contributed by atoms with E-state index in [9.17, 15) is 8.78 Å². The summed E-state index contributed by atoms with van der Waals surface area (Å²) in [6.07, 6.45) is 9.08. The SMILES string of the molecule is FC1(F)CC1C1CCN(c2cnc(-n3cccc3)cn2)CC1. The fourth-order valence-corrected chi connectivity index (χ4v) is 3.38. The fraction of sp³-hybridized carbons (Fsp3) is 0.500. The average molecular weight is 304 g/mol. The van der Waals surface area contributed by atoms with Gasteiger partial charge in [0.25, 0.3) is 5.92 Å². The van der Waals surface area contributed by atoms with Crippen LogP contribution >= 0.6 is 0 Å². The van der Waals surface area contributed by atoms with Crippen LogP contribution in [0, 0.1) is 11.8 Å². The molecule has 0 radical (unpaired) electrons. The molecule has 1 saturated heterocycles. The summed E-state index contributed by atoms with van der Waals surface area (Å²) in [7, 11) is 0. The molecule has 2 aromatic rings. The number of rotatable bonds is 3. The third-order valence-corrected chi connectivity index (χ3v) is 4.80.